The van der Waals surface area contributed by atoms with Crippen LogP contribution in [0, 0.1) is 0 Å². The molecule has 1 aliphatic rings. The molecule has 0 aromatic heterocycles. The van der Waals surface area contributed by atoms with Crippen LogP contribution in [0.5, 0.6) is 0 Å². The molecule has 12 nitrogen and oxygen atoms in total. The van der Waals surface area contributed by atoms with E-state index in [9.17, 15) is 38.2 Å². The summed E-state index contributed by atoms with van der Waals surface area (Å²) in [5.41, 5.74) is 0. The summed E-state index contributed by atoms with van der Waals surface area (Å²) in [6.45, 7) is 3.53. The van der Waals surface area contributed by atoms with Crippen LogP contribution in [0.4, 0.5) is 0 Å². The molecule has 0 aliphatic carbocycles. The minimum atomic E-state index is -5.08. The molecule has 13 heteroatoms. The summed E-state index contributed by atoms with van der Waals surface area (Å²) >= 11 is 0. The van der Waals surface area contributed by atoms with Crippen LogP contribution in [-0.4, -0.2) is 95.4 Å². The fourth-order valence-corrected chi connectivity index (χ4v) is 12.5. The number of aliphatic hydroxyl groups excluding tert-OH is 4. The van der Waals surface area contributed by atoms with E-state index in [1.165, 1.54) is 295 Å². The van der Waals surface area contributed by atoms with Crippen LogP contribution < -0.4 is 5.32 Å². The number of amides is 1. The summed E-state index contributed by atoms with van der Waals surface area (Å²) in [6.07, 6.45) is 62.8. The zero-order valence-electron chi connectivity index (χ0n) is 53.1. The minimum Gasteiger partial charge on any atom is -0.394 e. The smallest absolute Gasteiger partial charge is 0.394 e. The lowest BCUT2D eigenvalue weighted by Crippen LogP contribution is -2.61. The third kappa shape index (κ3) is 49.9. The molecule has 0 aromatic rings. The van der Waals surface area contributed by atoms with Gasteiger partial charge in [0, 0.05) is 6.42 Å². The molecule has 0 saturated carbocycles. The molecule has 6 N–H and O–H groups in total. The molecule has 7 atom stereocenters. The van der Waals surface area contributed by atoms with Gasteiger partial charge in [0.15, 0.2) is 6.29 Å². The molecule has 1 saturated heterocycles. The van der Waals surface area contributed by atoms with Crippen LogP contribution in [0.2, 0.25) is 0 Å². The average molecular weight is 1170 g/mol. The molecule has 1 heterocycles. The zero-order chi connectivity index (χ0) is 59.0. The number of ether oxygens (including phenoxy) is 2. The maximum atomic E-state index is 13.2. The van der Waals surface area contributed by atoms with Crippen LogP contribution in [0.1, 0.15) is 373 Å². The van der Waals surface area contributed by atoms with Gasteiger partial charge in [-0.25, -0.2) is 4.18 Å². The molecule has 0 spiro atoms. The Morgan fingerprint density at radius 3 is 0.988 bits per heavy atom. The summed E-state index contributed by atoms with van der Waals surface area (Å²) in [4.78, 5) is 13.2. The predicted molar refractivity (Wildman–Crippen MR) is 338 cm³/mol. The van der Waals surface area contributed by atoms with Gasteiger partial charge in [-0.3, -0.25) is 9.35 Å². The van der Waals surface area contributed by atoms with Crippen molar-refractivity contribution in [1.82, 2.24) is 5.32 Å². The van der Waals surface area contributed by atoms with Crippen molar-refractivity contribution in [2.75, 3.05) is 13.2 Å². The maximum Gasteiger partial charge on any atom is 0.397 e. The topological polar surface area (TPSA) is 192 Å². The Balaban J connectivity index is 2.22. The third-order valence-corrected chi connectivity index (χ3v) is 17.9. The first-order chi connectivity index (χ1) is 39.5. The van der Waals surface area contributed by atoms with E-state index in [4.69, 9.17) is 9.47 Å². The normalized spacial score (nSPS) is 18.4. The Labute approximate surface area is 500 Å². The SMILES string of the molecule is CCCCCCCCCCCCCCCCCCCCCCCCCCCCCCCCC(=O)NC(COC1OC(CO)C(O)C(OS(=O)(=O)O)C1O)C(O)CCCCCCCCCCCCCCCCCCCCCCCCCC. The summed E-state index contributed by atoms with van der Waals surface area (Å²) < 4.78 is 48.1. The highest BCUT2D eigenvalue weighted by atomic mass is 32.3. The van der Waals surface area contributed by atoms with E-state index in [-0.39, 0.29) is 12.5 Å². The highest BCUT2D eigenvalue weighted by molar-refractivity contribution is 7.80. The number of nitrogens with one attached hydrogen (secondary N) is 1. The lowest BCUT2D eigenvalue weighted by molar-refractivity contribution is -0.298. The van der Waals surface area contributed by atoms with Crippen molar-refractivity contribution in [1.29, 1.82) is 0 Å². The zero-order valence-corrected chi connectivity index (χ0v) is 54.0. The third-order valence-electron chi connectivity index (χ3n) is 17.4. The van der Waals surface area contributed by atoms with Gasteiger partial charge in [-0.1, -0.05) is 354 Å². The number of aliphatic hydroxyl groups is 4. The van der Waals surface area contributed by atoms with Crippen molar-refractivity contribution in [3.05, 3.63) is 0 Å². The molecule has 0 aromatic carbocycles. The Bertz CT molecular complexity index is 1430. The minimum absolute atomic E-state index is 0.219. The van der Waals surface area contributed by atoms with Crippen LogP contribution >= 0.6 is 0 Å². The molecule has 1 aliphatic heterocycles. The van der Waals surface area contributed by atoms with Crippen LogP contribution in [0.15, 0.2) is 0 Å². The monoisotopic (exact) mass is 1170 g/mol. The summed E-state index contributed by atoms with van der Waals surface area (Å²) in [6, 6.07) is -0.855. The molecular formula is C68H135NO11S. The van der Waals surface area contributed by atoms with E-state index in [0.29, 0.717) is 12.8 Å². The van der Waals surface area contributed by atoms with E-state index < -0.39 is 59.9 Å². The standard InChI is InChI=1S/C68H135NO11S/c1-3-5-7-9-11-13-15-17-19-21-23-25-27-29-30-31-32-33-34-36-38-40-42-44-46-48-50-52-54-56-58-64(72)69-61(60-78-68-66(74)67(80-81(75,76)77)65(73)63(59-70)79-68)62(71)57-55-53-51-49-47-45-43-41-39-37-35-28-26-24-22-20-18-16-14-12-10-8-6-4-2/h61-63,65-68,70-71,73-74H,3-60H2,1-2H3,(H,69,72)(H,75,76,77). The average Bonchev–Trinajstić information content (AvgIpc) is 3.51. The molecule has 0 bridgehead atoms. The molecule has 484 valence electrons. The largest absolute Gasteiger partial charge is 0.397 e. The number of hydrogen-bond donors (Lipinski definition) is 6. The van der Waals surface area contributed by atoms with E-state index in [2.05, 4.69) is 23.3 Å². The molecule has 1 amide bonds. The Kier molecular flexibility index (Phi) is 56.1. The fraction of sp³-hybridized carbons (Fsp3) is 0.985. The van der Waals surface area contributed by atoms with Crippen molar-refractivity contribution in [3.63, 3.8) is 0 Å². The number of carbonyl (C=O) groups is 1. The Hall–Kier alpha value is -0.900. The van der Waals surface area contributed by atoms with E-state index in [1.54, 1.807) is 0 Å². The summed E-state index contributed by atoms with van der Waals surface area (Å²) in [7, 11) is -5.08. The van der Waals surface area contributed by atoms with Crippen molar-refractivity contribution in [2.45, 2.75) is 416 Å². The van der Waals surface area contributed by atoms with E-state index >= 15 is 0 Å². The Morgan fingerprint density at radius 1 is 0.444 bits per heavy atom. The Morgan fingerprint density at radius 2 is 0.716 bits per heavy atom. The predicted octanol–water partition coefficient (Wildman–Crippen LogP) is 18.4. The van der Waals surface area contributed by atoms with Gasteiger partial charge in [0.2, 0.25) is 5.91 Å². The molecule has 1 fully saturated rings. The van der Waals surface area contributed by atoms with E-state index in [1.807, 2.05) is 0 Å². The second-order valence-electron chi connectivity index (χ2n) is 25.2. The fourth-order valence-electron chi connectivity index (χ4n) is 12.0. The van der Waals surface area contributed by atoms with Crippen molar-refractivity contribution < 1.29 is 51.8 Å². The molecular weight excluding hydrogens is 1040 g/mol. The first-order valence-electron chi connectivity index (χ1n) is 35.4. The van der Waals surface area contributed by atoms with Crippen LogP contribution in [0.25, 0.3) is 0 Å². The van der Waals surface area contributed by atoms with Gasteiger partial charge in [0.05, 0.1) is 25.4 Å². The van der Waals surface area contributed by atoms with Crippen LogP contribution in [-0.2, 0) is 28.9 Å². The van der Waals surface area contributed by atoms with Crippen molar-refractivity contribution in [3.8, 4) is 0 Å². The van der Waals surface area contributed by atoms with Gasteiger partial charge in [0.1, 0.15) is 24.4 Å². The van der Waals surface area contributed by atoms with Crippen LogP contribution in [0.3, 0.4) is 0 Å². The van der Waals surface area contributed by atoms with Gasteiger partial charge in [-0.2, -0.15) is 8.42 Å². The van der Waals surface area contributed by atoms with E-state index in [0.717, 1.165) is 51.4 Å². The van der Waals surface area contributed by atoms with Gasteiger partial charge in [0.25, 0.3) is 0 Å². The number of rotatable bonds is 64. The summed E-state index contributed by atoms with van der Waals surface area (Å²) in [5, 5.41) is 45.3. The lowest BCUT2D eigenvalue weighted by Gasteiger charge is -2.41. The highest BCUT2D eigenvalue weighted by Gasteiger charge is 2.48. The van der Waals surface area contributed by atoms with Gasteiger partial charge in [-0.15, -0.1) is 0 Å². The quantitative estimate of drug-likeness (QED) is 0.0251. The maximum absolute atomic E-state index is 13.2. The number of carbonyl (C=O) groups excluding carboxylic acids is 1. The van der Waals surface area contributed by atoms with Crippen molar-refractivity contribution in [2.24, 2.45) is 0 Å². The first kappa shape index (κ1) is 78.1. The first-order valence-corrected chi connectivity index (χ1v) is 36.8. The summed E-state index contributed by atoms with van der Waals surface area (Å²) in [5.74, 6) is -0.219. The highest BCUT2D eigenvalue weighted by Crippen LogP contribution is 2.27. The molecule has 0 radical (unpaired) electrons. The van der Waals surface area contributed by atoms with Crippen molar-refractivity contribution >= 4 is 16.3 Å². The second kappa shape index (κ2) is 58.1. The van der Waals surface area contributed by atoms with Gasteiger partial charge in [-0.05, 0) is 12.8 Å². The molecule has 81 heavy (non-hydrogen) atoms. The molecule has 1 rings (SSSR count). The second-order valence-corrected chi connectivity index (χ2v) is 26.2. The molecule has 7 unspecified atom stereocenters. The number of unbranched alkanes of at least 4 members (excludes halogenated alkanes) is 52. The van der Waals surface area contributed by atoms with Gasteiger partial charge >= 0.3 is 10.4 Å². The van der Waals surface area contributed by atoms with Gasteiger partial charge < -0.3 is 35.2 Å². The lowest BCUT2D eigenvalue weighted by atomic mass is 9.99. The number of hydrogen-bond acceptors (Lipinski definition) is 10.